The molecule has 19 heteroatoms. The molecule has 0 spiro atoms. The van der Waals surface area contributed by atoms with Gasteiger partial charge in [0.2, 0.25) is 0 Å². The van der Waals surface area contributed by atoms with Crippen LogP contribution in [0.25, 0.3) is 0 Å². The lowest BCUT2D eigenvalue weighted by Crippen LogP contribution is -2.30. The first-order chi connectivity index (χ1) is 50.7. The molecule has 104 heavy (non-hydrogen) atoms. The Morgan fingerprint density at radius 2 is 0.500 bits per heavy atom. The number of unbranched alkanes of at least 4 members (excludes halogenated alkanes) is 36. The van der Waals surface area contributed by atoms with Crippen molar-refractivity contribution in [1.82, 2.24) is 0 Å². The summed E-state index contributed by atoms with van der Waals surface area (Å²) in [5, 5.41) is 10.7. The number of hydrogen-bond acceptors (Lipinski definition) is 15. The summed E-state index contributed by atoms with van der Waals surface area (Å²) in [6, 6.07) is 0. The number of rotatable bonds is 78. The molecule has 0 aliphatic heterocycles. The van der Waals surface area contributed by atoms with E-state index in [9.17, 15) is 43.2 Å². The molecule has 0 saturated carbocycles. The topological polar surface area (TPSA) is 237 Å². The van der Waals surface area contributed by atoms with Gasteiger partial charge in [-0.05, 0) is 148 Å². The second-order valence-electron chi connectivity index (χ2n) is 27.7. The minimum Gasteiger partial charge on any atom is -0.462 e. The number of ether oxygens (including phenoxy) is 4. The standard InChI is InChI=1S/C85H150O17P2/c1-5-9-13-17-21-25-29-33-37-38-39-40-44-48-52-56-60-64-68-72-85(90)102-81(76-96-83(88)70-66-62-58-54-50-46-42-35-31-27-23-19-15-11-7-3)78-100-104(93,94)98-74-79(86)73-97-103(91,92)99-77-80(101-84(89)71-67-63-59-55-51-47-43-36-32-28-24-20-16-12-8-4)75-95-82(87)69-65-61-57-53-49-45-41-34-30-26-22-18-14-10-6-2/h9,13,21,25-27,30-31,33,36-37,39-40,43,48,52,79-81,86H,5-8,10-12,14-20,22-24,28-29,32,34-35,38,41-42,44-47,49-51,53-78H2,1-4H3,(H,91,92)(H,93,94)/b13-9-,25-21-,30-26-,31-27-,37-33-,40-39-,43-36-,52-48-/t79-,80+,81+/m0/s1. The van der Waals surface area contributed by atoms with Crippen molar-refractivity contribution in [3.8, 4) is 0 Å². The number of phosphoric ester groups is 2. The van der Waals surface area contributed by atoms with Crippen molar-refractivity contribution in [2.75, 3.05) is 39.6 Å². The van der Waals surface area contributed by atoms with E-state index in [1.54, 1.807) is 0 Å². The van der Waals surface area contributed by atoms with Gasteiger partial charge in [-0.2, -0.15) is 0 Å². The van der Waals surface area contributed by atoms with E-state index < -0.39 is 97.5 Å². The van der Waals surface area contributed by atoms with E-state index >= 15 is 0 Å². The van der Waals surface area contributed by atoms with Gasteiger partial charge in [0.1, 0.15) is 19.3 Å². The molecule has 3 N–H and O–H groups in total. The van der Waals surface area contributed by atoms with Gasteiger partial charge < -0.3 is 33.8 Å². The first-order valence-corrected chi connectivity index (χ1v) is 44.5. The minimum atomic E-state index is -4.99. The van der Waals surface area contributed by atoms with Crippen LogP contribution in [0.2, 0.25) is 0 Å². The normalized spacial score (nSPS) is 14.3. The van der Waals surface area contributed by atoms with Gasteiger partial charge in [0.05, 0.1) is 26.4 Å². The lowest BCUT2D eigenvalue weighted by Gasteiger charge is -2.21. The summed E-state index contributed by atoms with van der Waals surface area (Å²) in [5.74, 6) is -2.21. The molecule has 0 radical (unpaired) electrons. The Balaban J connectivity index is 5.40. The fourth-order valence-corrected chi connectivity index (χ4v) is 12.8. The lowest BCUT2D eigenvalue weighted by atomic mass is 10.1. The monoisotopic (exact) mass is 1510 g/mol. The molecule has 17 nitrogen and oxygen atoms in total. The molecule has 0 aromatic heterocycles. The Morgan fingerprint density at radius 1 is 0.279 bits per heavy atom. The van der Waals surface area contributed by atoms with Crippen molar-refractivity contribution < 1.29 is 80.2 Å². The summed E-state index contributed by atoms with van der Waals surface area (Å²) in [4.78, 5) is 73.1. The Morgan fingerprint density at radius 3 is 0.798 bits per heavy atom. The Bertz CT molecular complexity index is 2350. The third-order valence-corrected chi connectivity index (χ3v) is 19.4. The van der Waals surface area contributed by atoms with Crippen molar-refractivity contribution in [3.63, 3.8) is 0 Å². The summed E-state index contributed by atoms with van der Waals surface area (Å²) < 4.78 is 68.7. The molecule has 0 aliphatic carbocycles. The number of esters is 4. The highest BCUT2D eigenvalue weighted by Gasteiger charge is 2.30. The maximum atomic E-state index is 13.1. The Labute approximate surface area is 633 Å². The van der Waals surface area contributed by atoms with Gasteiger partial charge in [-0.25, -0.2) is 9.13 Å². The van der Waals surface area contributed by atoms with E-state index in [4.69, 9.17) is 37.0 Å². The highest BCUT2D eigenvalue weighted by molar-refractivity contribution is 7.47. The predicted molar refractivity (Wildman–Crippen MR) is 427 cm³/mol. The summed E-state index contributed by atoms with van der Waals surface area (Å²) in [6.07, 6.45) is 82.3. The van der Waals surface area contributed by atoms with Crippen LogP contribution in [-0.2, 0) is 65.4 Å². The zero-order chi connectivity index (χ0) is 76.0. The van der Waals surface area contributed by atoms with Crippen molar-refractivity contribution in [2.24, 2.45) is 0 Å². The Hall–Kier alpha value is -4.02. The SMILES string of the molecule is CC/C=C\C/C=C\C/C=C\C/C=C\C/C=C\CCCCCC(=O)O[C@H](COC(=O)CCCCCCCCC/C=C\CCCCCC)COP(=O)(O)OC[C@@H](O)COP(=O)(O)OC[C@@H](COC(=O)CCCCCCCCC/C=C\CCCCCC)OC(=O)CCCCCCC/C=C\CCCCCCCC. The molecule has 0 rings (SSSR count). The third-order valence-electron chi connectivity index (χ3n) is 17.5. The number of allylic oxidation sites excluding steroid dienone is 16. The Kier molecular flexibility index (Phi) is 74.2. The van der Waals surface area contributed by atoms with Gasteiger partial charge in [-0.3, -0.25) is 37.3 Å². The summed E-state index contributed by atoms with van der Waals surface area (Å²) in [7, 11) is -9.97. The zero-order valence-corrected chi connectivity index (χ0v) is 67.7. The minimum absolute atomic E-state index is 0.0553. The van der Waals surface area contributed by atoms with Crippen LogP contribution in [0.5, 0.6) is 0 Å². The average molecular weight is 1510 g/mol. The molecule has 0 fully saturated rings. The molecule has 0 saturated heterocycles. The van der Waals surface area contributed by atoms with Crippen LogP contribution < -0.4 is 0 Å². The van der Waals surface area contributed by atoms with E-state index in [0.29, 0.717) is 25.7 Å². The molecule has 0 bridgehead atoms. The molecule has 0 amide bonds. The maximum Gasteiger partial charge on any atom is 0.472 e. The van der Waals surface area contributed by atoms with Crippen LogP contribution >= 0.6 is 15.6 Å². The molecule has 602 valence electrons. The zero-order valence-electron chi connectivity index (χ0n) is 65.9. The molecular weight excluding hydrogens is 1350 g/mol. The number of aliphatic hydroxyl groups excluding tert-OH is 1. The summed E-state index contributed by atoms with van der Waals surface area (Å²) >= 11 is 0. The van der Waals surface area contributed by atoms with Crippen molar-refractivity contribution >= 4 is 39.5 Å². The summed E-state index contributed by atoms with van der Waals surface area (Å²) in [6.45, 7) is 4.73. The molecule has 0 aromatic carbocycles. The third kappa shape index (κ3) is 76.2. The van der Waals surface area contributed by atoms with Crippen LogP contribution in [0.1, 0.15) is 362 Å². The van der Waals surface area contributed by atoms with E-state index in [1.807, 2.05) is 0 Å². The first-order valence-electron chi connectivity index (χ1n) is 41.5. The highest BCUT2D eigenvalue weighted by Crippen LogP contribution is 2.45. The smallest absolute Gasteiger partial charge is 0.462 e. The van der Waals surface area contributed by atoms with Crippen LogP contribution in [0, 0.1) is 0 Å². The molecule has 0 aliphatic rings. The van der Waals surface area contributed by atoms with Crippen LogP contribution in [0.15, 0.2) is 97.2 Å². The number of aliphatic hydroxyl groups is 1. The van der Waals surface area contributed by atoms with E-state index in [0.717, 1.165) is 167 Å². The number of phosphoric acid groups is 2. The fourth-order valence-electron chi connectivity index (χ4n) is 11.2. The molecule has 2 unspecified atom stereocenters. The largest absolute Gasteiger partial charge is 0.472 e. The second kappa shape index (κ2) is 77.1. The predicted octanol–water partition coefficient (Wildman–Crippen LogP) is 24.3. The van der Waals surface area contributed by atoms with E-state index in [1.165, 1.54) is 116 Å². The van der Waals surface area contributed by atoms with Gasteiger partial charge in [0.15, 0.2) is 12.2 Å². The first kappa shape index (κ1) is 100.0. The second-order valence-corrected chi connectivity index (χ2v) is 30.6. The van der Waals surface area contributed by atoms with Crippen molar-refractivity contribution in [1.29, 1.82) is 0 Å². The fraction of sp³-hybridized carbons (Fsp3) is 0.765. The summed E-state index contributed by atoms with van der Waals surface area (Å²) in [5.41, 5.74) is 0. The van der Waals surface area contributed by atoms with Crippen LogP contribution in [0.3, 0.4) is 0 Å². The van der Waals surface area contributed by atoms with Crippen molar-refractivity contribution in [3.05, 3.63) is 97.2 Å². The average Bonchev–Trinajstić information content (AvgIpc) is 0.943. The maximum absolute atomic E-state index is 13.1. The molecule has 0 aromatic rings. The van der Waals surface area contributed by atoms with Crippen LogP contribution in [0.4, 0.5) is 0 Å². The number of carbonyl (C=O) groups is 4. The molecule has 5 atom stereocenters. The quantitative estimate of drug-likeness (QED) is 0.0169. The van der Waals surface area contributed by atoms with Gasteiger partial charge in [-0.1, -0.05) is 285 Å². The van der Waals surface area contributed by atoms with Crippen LogP contribution in [-0.4, -0.2) is 96.7 Å². The van der Waals surface area contributed by atoms with Gasteiger partial charge >= 0.3 is 39.5 Å². The highest BCUT2D eigenvalue weighted by atomic mass is 31.2. The van der Waals surface area contributed by atoms with Gasteiger partial charge in [-0.15, -0.1) is 0 Å². The van der Waals surface area contributed by atoms with Gasteiger partial charge in [0.25, 0.3) is 0 Å². The molecular formula is C85H150O17P2. The van der Waals surface area contributed by atoms with E-state index in [2.05, 4.69) is 125 Å². The number of hydrogen-bond donors (Lipinski definition) is 3. The van der Waals surface area contributed by atoms with Gasteiger partial charge in [0, 0.05) is 25.7 Å². The molecule has 0 heterocycles. The van der Waals surface area contributed by atoms with Crippen molar-refractivity contribution in [2.45, 2.75) is 380 Å². The lowest BCUT2D eigenvalue weighted by molar-refractivity contribution is -0.161. The number of carbonyl (C=O) groups excluding carboxylic acids is 4. The van der Waals surface area contributed by atoms with E-state index in [-0.39, 0.29) is 25.7 Å².